The van der Waals surface area contributed by atoms with Crippen LogP contribution in [0, 0.1) is 5.92 Å². The molecule has 8 heteroatoms. The normalized spacial score (nSPS) is 26.9. The fourth-order valence-electron chi connectivity index (χ4n) is 4.74. The van der Waals surface area contributed by atoms with Crippen LogP contribution >= 0.6 is 0 Å². The molecule has 4 atom stereocenters. The zero-order chi connectivity index (χ0) is 28.7. The molecule has 0 unspecified atom stereocenters. The molecule has 2 aromatic carbocycles. The molecule has 212 valence electrons. The first-order chi connectivity index (χ1) is 19.2. The van der Waals surface area contributed by atoms with Crippen LogP contribution in [-0.4, -0.2) is 50.6 Å². The predicted molar refractivity (Wildman–Crippen MR) is 149 cm³/mol. The smallest absolute Gasteiger partial charge is 0.334 e. The Bertz CT molecular complexity index is 1260. The van der Waals surface area contributed by atoms with Crippen LogP contribution < -0.4 is 9.47 Å². The Morgan fingerprint density at radius 1 is 0.950 bits per heavy atom. The van der Waals surface area contributed by atoms with Crippen molar-refractivity contribution in [3.63, 3.8) is 0 Å². The van der Waals surface area contributed by atoms with E-state index >= 15 is 0 Å². The van der Waals surface area contributed by atoms with Gasteiger partial charge in [0.2, 0.25) is 0 Å². The van der Waals surface area contributed by atoms with E-state index in [0.29, 0.717) is 30.8 Å². The highest BCUT2D eigenvalue weighted by Gasteiger charge is 2.46. The largest absolute Gasteiger partial charge is 0.497 e. The first kappa shape index (κ1) is 29.3. The molecule has 1 aliphatic carbocycles. The third-order valence-corrected chi connectivity index (χ3v) is 7.18. The highest BCUT2D eigenvalue weighted by atomic mass is 16.7. The van der Waals surface area contributed by atoms with Crippen molar-refractivity contribution in [2.75, 3.05) is 21.0 Å². The topological polar surface area (TPSA) is 89.5 Å². The highest BCUT2D eigenvalue weighted by molar-refractivity contribution is 6.03. The lowest BCUT2D eigenvalue weighted by Gasteiger charge is -2.35. The van der Waals surface area contributed by atoms with Crippen molar-refractivity contribution in [2.24, 2.45) is 5.92 Å². The van der Waals surface area contributed by atoms with Crippen LogP contribution in [0.15, 0.2) is 84.5 Å². The molecule has 0 aromatic heterocycles. The van der Waals surface area contributed by atoms with Gasteiger partial charge >= 0.3 is 5.97 Å². The van der Waals surface area contributed by atoms with Crippen molar-refractivity contribution in [1.82, 2.24) is 0 Å². The zero-order valence-electron chi connectivity index (χ0n) is 23.4. The van der Waals surface area contributed by atoms with Crippen LogP contribution in [0.25, 0.3) is 0 Å². The number of ether oxygens (including phenoxy) is 6. The van der Waals surface area contributed by atoms with E-state index in [1.54, 1.807) is 33.3 Å². The highest BCUT2D eigenvalue weighted by Crippen LogP contribution is 2.38. The average molecular weight is 549 g/mol. The molecular weight excluding hydrogens is 512 g/mol. The Labute approximate surface area is 235 Å². The number of hydrogen-bond acceptors (Lipinski definition) is 8. The number of rotatable bonds is 10. The zero-order valence-corrected chi connectivity index (χ0v) is 23.4. The van der Waals surface area contributed by atoms with Crippen LogP contribution in [0.1, 0.15) is 31.4 Å². The molecule has 1 aliphatic heterocycles. The summed E-state index contributed by atoms with van der Waals surface area (Å²) in [6, 6.07) is 15.1. The molecule has 0 N–H and O–H groups in total. The van der Waals surface area contributed by atoms with Gasteiger partial charge < -0.3 is 28.4 Å². The number of methoxy groups -OCH3 is 2. The molecule has 1 heterocycles. The lowest BCUT2D eigenvalue weighted by Crippen LogP contribution is -2.40. The van der Waals surface area contributed by atoms with Crippen LogP contribution in [0.2, 0.25) is 0 Å². The van der Waals surface area contributed by atoms with E-state index in [-0.39, 0.29) is 12.6 Å². The predicted octanol–water partition coefficient (Wildman–Crippen LogP) is 5.11. The van der Waals surface area contributed by atoms with Gasteiger partial charge in [-0.15, -0.1) is 0 Å². The Morgan fingerprint density at radius 2 is 1.55 bits per heavy atom. The van der Waals surface area contributed by atoms with E-state index in [2.05, 4.69) is 6.58 Å². The number of benzene rings is 2. The molecule has 2 aliphatic rings. The molecule has 0 amide bonds. The number of hydrogen-bond donors (Lipinski definition) is 0. The number of allylic oxidation sites excluding steroid dienone is 2. The Balaban J connectivity index is 1.54. The van der Waals surface area contributed by atoms with Gasteiger partial charge in [-0.3, -0.25) is 4.79 Å². The third-order valence-electron chi connectivity index (χ3n) is 7.18. The maximum Gasteiger partial charge on any atom is 0.334 e. The number of carbonyl (C=O) groups is 2. The van der Waals surface area contributed by atoms with Crippen molar-refractivity contribution in [1.29, 1.82) is 0 Å². The monoisotopic (exact) mass is 548 g/mol. The second-order valence-electron chi connectivity index (χ2n) is 10.1. The van der Waals surface area contributed by atoms with Crippen molar-refractivity contribution in [3.8, 4) is 11.5 Å². The molecule has 0 saturated carbocycles. The molecule has 40 heavy (non-hydrogen) atoms. The lowest BCUT2D eigenvalue weighted by molar-refractivity contribution is -0.142. The van der Waals surface area contributed by atoms with Gasteiger partial charge in [0, 0.05) is 12.0 Å². The minimum atomic E-state index is -0.912. The summed E-state index contributed by atoms with van der Waals surface area (Å²) in [5.41, 5.74) is 1.75. The molecule has 2 aromatic rings. The summed E-state index contributed by atoms with van der Waals surface area (Å²) < 4.78 is 34.5. The van der Waals surface area contributed by atoms with Crippen molar-refractivity contribution >= 4 is 11.8 Å². The van der Waals surface area contributed by atoms with E-state index in [0.717, 1.165) is 22.6 Å². The first-order valence-corrected chi connectivity index (χ1v) is 13.1. The maximum atomic E-state index is 12.8. The first-order valence-electron chi connectivity index (χ1n) is 13.1. The standard InChI is InChI=1S/C32H36O8/c1-21-16-28-30(22(2)31(34)40-28)29(38-20-37-18-23-6-10-25(35-4)11-7-23)17-32(3,15-14-27(21)33)39-19-24-8-12-26(36-5)13-9-24/h6-16,28-30H,2,17-20H2,1,3-5H3/b15-14+,21-16-/t28-,29-,30+,32+/m1/s1. The van der Waals surface area contributed by atoms with Gasteiger partial charge in [-0.25, -0.2) is 4.79 Å². The lowest BCUT2D eigenvalue weighted by atomic mass is 9.82. The van der Waals surface area contributed by atoms with Gasteiger partial charge in [0.15, 0.2) is 5.78 Å². The quantitative estimate of drug-likeness (QED) is 0.175. The third kappa shape index (κ3) is 7.27. The van der Waals surface area contributed by atoms with Crippen molar-refractivity contribution < 1.29 is 38.0 Å². The minimum absolute atomic E-state index is 0.0265. The number of fused-ring (bicyclic) bond motifs is 1. The fourth-order valence-corrected chi connectivity index (χ4v) is 4.74. The summed E-state index contributed by atoms with van der Waals surface area (Å²) in [5.74, 6) is 0.303. The molecule has 0 spiro atoms. The maximum absolute atomic E-state index is 12.8. The molecule has 1 fully saturated rings. The molecule has 8 nitrogen and oxygen atoms in total. The SMILES string of the molecule is C=C1C(=O)O[C@@H]2/C=C(/C)C(=O)/C=C/[C@](C)(OCc3ccc(OC)cc3)C[C@@H](OCOCc3ccc(OC)cc3)[C@@H]12. The van der Waals surface area contributed by atoms with Gasteiger partial charge in [0.25, 0.3) is 0 Å². The van der Waals surface area contributed by atoms with Gasteiger partial charge in [0.1, 0.15) is 24.4 Å². The van der Waals surface area contributed by atoms with E-state index in [1.165, 1.54) is 6.08 Å². The van der Waals surface area contributed by atoms with Crippen molar-refractivity contribution in [2.45, 2.75) is 51.3 Å². The minimum Gasteiger partial charge on any atom is -0.497 e. The average Bonchev–Trinajstić information content (AvgIpc) is 3.24. The van der Waals surface area contributed by atoms with Crippen LogP contribution in [0.5, 0.6) is 11.5 Å². The van der Waals surface area contributed by atoms with Crippen LogP contribution in [-0.2, 0) is 41.8 Å². The number of ketones is 1. The summed E-state index contributed by atoms with van der Waals surface area (Å²) >= 11 is 0. The summed E-state index contributed by atoms with van der Waals surface area (Å²) in [7, 11) is 3.23. The molecule has 4 rings (SSSR count). The van der Waals surface area contributed by atoms with Crippen LogP contribution in [0.4, 0.5) is 0 Å². The molecule has 1 saturated heterocycles. The fraction of sp³-hybridized carbons (Fsp3) is 0.375. The van der Waals surface area contributed by atoms with Gasteiger partial charge in [-0.1, -0.05) is 30.8 Å². The number of esters is 1. The molecular formula is C32H36O8. The van der Waals surface area contributed by atoms with Gasteiger partial charge in [-0.2, -0.15) is 0 Å². The van der Waals surface area contributed by atoms with E-state index in [1.807, 2.05) is 55.5 Å². The van der Waals surface area contributed by atoms with Crippen molar-refractivity contribution in [3.05, 3.63) is 95.6 Å². The summed E-state index contributed by atoms with van der Waals surface area (Å²) in [6.07, 6.45) is 4.01. The van der Waals surface area contributed by atoms with Crippen LogP contribution in [0.3, 0.4) is 0 Å². The van der Waals surface area contributed by atoms with Gasteiger partial charge in [-0.05, 0) is 73.0 Å². The summed E-state index contributed by atoms with van der Waals surface area (Å²) in [4.78, 5) is 25.4. The summed E-state index contributed by atoms with van der Waals surface area (Å²) in [6.45, 7) is 8.19. The Kier molecular flexibility index (Phi) is 9.58. The molecule has 0 bridgehead atoms. The summed E-state index contributed by atoms with van der Waals surface area (Å²) in [5, 5.41) is 0. The number of carbonyl (C=O) groups excluding carboxylic acids is 2. The Morgan fingerprint density at radius 3 is 2.15 bits per heavy atom. The van der Waals surface area contributed by atoms with E-state index in [4.69, 9.17) is 28.4 Å². The second kappa shape index (κ2) is 13.1. The Hall–Kier alpha value is -3.72. The second-order valence-corrected chi connectivity index (χ2v) is 10.1. The van der Waals surface area contributed by atoms with E-state index < -0.39 is 29.7 Å². The van der Waals surface area contributed by atoms with E-state index in [9.17, 15) is 9.59 Å². The van der Waals surface area contributed by atoms with Gasteiger partial charge in [0.05, 0.1) is 45.1 Å². The molecule has 0 radical (unpaired) electrons.